The molecule has 0 aromatic heterocycles. The van der Waals surface area contributed by atoms with Gasteiger partial charge in [0.2, 0.25) is 0 Å². The van der Waals surface area contributed by atoms with Gasteiger partial charge in [0.05, 0.1) is 5.92 Å². The number of carbonyl (C=O) groups is 1. The summed E-state index contributed by atoms with van der Waals surface area (Å²) in [6.07, 6.45) is 6.63. The Morgan fingerprint density at radius 2 is 1.83 bits per heavy atom. The van der Waals surface area contributed by atoms with Crippen LogP contribution in [0.3, 0.4) is 0 Å². The summed E-state index contributed by atoms with van der Waals surface area (Å²) in [4.78, 5) is 10.9. The van der Waals surface area contributed by atoms with Gasteiger partial charge in [-0.3, -0.25) is 4.79 Å². The monoisotopic (exact) mass is 260 g/mol. The van der Waals surface area contributed by atoms with Gasteiger partial charge in [-0.15, -0.1) is 0 Å². The van der Waals surface area contributed by atoms with E-state index in [-0.39, 0.29) is 0 Å². The summed E-state index contributed by atoms with van der Waals surface area (Å²) >= 11 is 0. The zero-order valence-corrected chi connectivity index (χ0v) is 11.4. The van der Waals surface area contributed by atoms with E-state index in [9.17, 15) is 4.79 Å². The average molecular weight is 260 g/mol. The maximum absolute atomic E-state index is 10.9. The Balaban J connectivity index is 3.61. The van der Waals surface area contributed by atoms with Crippen molar-refractivity contribution in [1.82, 2.24) is 0 Å². The summed E-state index contributed by atoms with van der Waals surface area (Å²) in [5.41, 5.74) is 11.1. The molecule has 0 fully saturated rings. The Morgan fingerprint density at radius 3 is 2.39 bits per heavy atom. The fourth-order valence-electron chi connectivity index (χ4n) is 1.83. The van der Waals surface area contributed by atoms with Crippen LogP contribution in [0.1, 0.15) is 51.9 Å². The molecule has 2 atom stereocenters. The van der Waals surface area contributed by atoms with E-state index >= 15 is 0 Å². The number of ether oxygens (including phenoxy) is 1. The summed E-state index contributed by atoms with van der Waals surface area (Å²) in [6.45, 7) is 3.03. The third-order valence-electron chi connectivity index (χ3n) is 3.00. The number of hydrogen-bond donors (Lipinski definition) is 3. The third kappa shape index (κ3) is 8.44. The molecule has 0 heterocycles. The number of hydrogen-bond acceptors (Lipinski definition) is 4. The SMILES string of the molecule is CCCCCCCCOC(N)C(CCN)C(=O)O. The second kappa shape index (κ2) is 11.4. The van der Waals surface area contributed by atoms with Crippen LogP contribution < -0.4 is 11.5 Å². The van der Waals surface area contributed by atoms with Crippen LogP contribution in [0.5, 0.6) is 0 Å². The molecule has 5 heteroatoms. The Hall–Kier alpha value is -0.650. The molecule has 108 valence electrons. The van der Waals surface area contributed by atoms with E-state index in [0.717, 1.165) is 12.8 Å². The number of rotatable bonds is 12. The molecule has 5 nitrogen and oxygen atoms in total. The molecule has 18 heavy (non-hydrogen) atoms. The average Bonchev–Trinajstić information content (AvgIpc) is 2.34. The Labute approximate surface area is 110 Å². The van der Waals surface area contributed by atoms with Crippen molar-refractivity contribution in [1.29, 1.82) is 0 Å². The first-order valence-corrected chi connectivity index (χ1v) is 6.93. The molecule has 0 bridgehead atoms. The molecular weight excluding hydrogens is 232 g/mol. The quantitative estimate of drug-likeness (QED) is 0.366. The lowest BCUT2D eigenvalue weighted by Gasteiger charge is -2.19. The number of aliphatic carboxylic acids is 1. The van der Waals surface area contributed by atoms with Gasteiger partial charge in [-0.25, -0.2) is 0 Å². The van der Waals surface area contributed by atoms with Crippen molar-refractivity contribution in [2.45, 2.75) is 58.1 Å². The van der Waals surface area contributed by atoms with Gasteiger partial charge in [0, 0.05) is 6.61 Å². The van der Waals surface area contributed by atoms with E-state index in [4.69, 9.17) is 21.3 Å². The maximum Gasteiger partial charge on any atom is 0.310 e. The summed E-state index contributed by atoms with van der Waals surface area (Å²) in [5.74, 6) is -1.63. The fraction of sp³-hybridized carbons (Fsp3) is 0.923. The highest BCUT2D eigenvalue weighted by atomic mass is 16.5. The molecule has 2 unspecified atom stereocenters. The van der Waals surface area contributed by atoms with Crippen molar-refractivity contribution >= 4 is 5.97 Å². The maximum atomic E-state index is 10.9. The molecule has 0 aliphatic heterocycles. The summed E-state index contributed by atoms with van der Waals surface area (Å²) < 4.78 is 5.37. The molecule has 0 saturated carbocycles. The first-order valence-electron chi connectivity index (χ1n) is 6.93. The van der Waals surface area contributed by atoms with Crippen LogP contribution in [0.25, 0.3) is 0 Å². The first-order chi connectivity index (χ1) is 8.63. The van der Waals surface area contributed by atoms with Crippen molar-refractivity contribution in [2.75, 3.05) is 13.2 Å². The van der Waals surface area contributed by atoms with Crippen LogP contribution in [-0.2, 0) is 9.53 Å². The second-order valence-corrected chi connectivity index (χ2v) is 4.63. The third-order valence-corrected chi connectivity index (χ3v) is 3.00. The Bertz CT molecular complexity index is 212. The number of carboxylic acids is 1. The molecule has 0 saturated heterocycles. The predicted molar refractivity (Wildman–Crippen MR) is 72.1 cm³/mol. The van der Waals surface area contributed by atoms with Crippen LogP contribution in [0.2, 0.25) is 0 Å². The lowest BCUT2D eigenvalue weighted by Crippen LogP contribution is -2.39. The van der Waals surface area contributed by atoms with Crippen molar-refractivity contribution in [3.63, 3.8) is 0 Å². The number of nitrogens with two attached hydrogens (primary N) is 2. The lowest BCUT2D eigenvalue weighted by molar-refractivity contribution is -0.147. The van der Waals surface area contributed by atoms with E-state index in [1.807, 2.05) is 0 Å². The second-order valence-electron chi connectivity index (χ2n) is 4.63. The molecule has 0 aliphatic carbocycles. The Kier molecular flexibility index (Phi) is 11.0. The van der Waals surface area contributed by atoms with Gasteiger partial charge in [0.25, 0.3) is 0 Å². The summed E-state index contributed by atoms with van der Waals surface area (Å²) in [7, 11) is 0. The Morgan fingerprint density at radius 1 is 1.22 bits per heavy atom. The van der Waals surface area contributed by atoms with Crippen LogP contribution in [0.4, 0.5) is 0 Å². The molecule has 0 aromatic carbocycles. The summed E-state index contributed by atoms with van der Waals surface area (Å²) in [6, 6.07) is 0. The lowest BCUT2D eigenvalue weighted by atomic mass is 10.0. The van der Waals surface area contributed by atoms with Crippen LogP contribution in [0, 0.1) is 5.92 Å². The first kappa shape index (κ1) is 17.4. The normalized spacial score (nSPS) is 14.4. The number of unbranched alkanes of at least 4 members (excludes halogenated alkanes) is 5. The number of carboxylic acid groups (broad SMARTS) is 1. The van der Waals surface area contributed by atoms with Gasteiger partial charge < -0.3 is 21.3 Å². The smallest absolute Gasteiger partial charge is 0.310 e. The molecule has 0 amide bonds. The highest BCUT2D eigenvalue weighted by Crippen LogP contribution is 2.10. The molecule has 0 radical (unpaired) electrons. The van der Waals surface area contributed by atoms with Crippen molar-refractivity contribution in [3.8, 4) is 0 Å². The minimum atomic E-state index is -0.934. The van der Waals surface area contributed by atoms with Gasteiger partial charge >= 0.3 is 5.97 Å². The van der Waals surface area contributed by atoms with Crippen molar-refractivity contribution in [3.05, 3.63) is 0 Å². The zero-order chi connectivity index (χ0) is 13.8. The van der Waals surface area contributed by atoms with E-state index in [2.05, 4.69) is 6.92 Å². The van der Waals surface area contributed by atoms with E-state index < -0.39 is 18.1 Å². The predicted octanol–water partition coefficient (Wildman–Crippen LogP) is 1.70. The van der Waals surface area contributed by atoms with Crippen molar-refractivity contribution < 1.29 is 14.6 Å². The topological polar surface area (TPSA) is 98.6 Å². The van der Waals surface area contributed by atoms with Gasteiger partial charge in [-0.1, -0.05) is 39.0 Å². The van der Waals surface area contributed by atoms with Crippen LogP contribution >= 0.6 is 0 Å². The molecular formula is C13H28N2O3. The molecule has 0 spiro atoms. The summed E-state index contributed by atoms with van der Waals surface area (Å²) in [5, 5.41) is 8.96. The molecule has 0 aliphatic rings. The largest absolute Gasteiger partial charge is 0.481 e. The van der Waals surface area contributed by atoms with Crippen molar-refractivity contribution in [2.24, 2.45) is 17.4 Å². The molecule has 0 aromatic rings. The van der Waals surface area contributed by atoms with Crippen LogP contribution in [0.15, 0.2) is 0 Å². The molecule has 0 rings (SSSR count). The highest BCUT2D eigenvalue weighted by Gasteiger charge is 2.24. The van der Waals surface area contributed by atoms with Gasteiger partial charge in [-0.2, -0.15) is 0 Å². The van der Waals surface area contributed by atoms with E-state index in [1.165, 1.54) is 25.7 Å². The van der Waals surface area contributed by atoms with Gasteiger partial charge in [0.15, 0.2) is 0 Å². The minimum absolute atomic E-state index is 0.311. The highest BCUT2D eigenvalue weighted by molar-refractivity contribution is 5.70. The molecule has 5 N–H and O–H groups in total. The van der Waals surface area contributed by atoms with Gasteiger partial charge in [-0.05, 0) is 19.4 Å². The van der Waals surface area contributed by atoms with Crippen LogP contribution in [-0.4, -0.2) is 30.5 Å². The van der Waals surface area contributed by atoms with E-state index in [1.54, 1.807) is 0 Å². The van der Waals surface area contributed by atoms with Gasteiger partial charge in [0.1, 0.15) is 6.23 Å². The standard InChI is InChI=1S/C13H28N2O3/c1-2-3-4-5-6-7-10-18-12(15)11(8-9-14)13(16)17/h11-12H,2-10,14-15H2,1H3,(H,16,17). The fourth-order valence-corrected chi connectivity index (χ4v) is 1.83. The van der Waals surface area contributed by atoms with E-state index in [0.29, 0.717) is 19.6 Å². The minimum Gasteiger partial charge on any atom is -0.481 e. The zero-order valence-electron chi connectivity index (χ0n) is 11.4.